The van der Waals surface area contributed by atoms with Gasteiger partial charge < -0.3 is 24.0 Å². The molecule has 0 bridgehead atoms. The minimum atomic E-state index is -0.534. The monoisotopic (exact) mass is 539 g/mol. The van der Waals surface area contributed by atoms with Crippen LogP contribution in [0.3, 0.4) is 0 Å². The molecule has 38 heavy (non-hydrogen) atoms. The van der Waals surface area contributed by atoms with E-state index < -0.39 is 12.0 Å². The zero-order valence-corrected chi connectivity index (χ0v) is 22.8. The van der Waals surface area contributed by atoms with Crippen LogP contribution in [-0.4, -0.2) is 66.2 Å². The minimum absolute atomic E-state index is 0.0774. The number of aliphatic imine (C=N–C) groups is 1. The standard InChI is InChI=1S/C28H33N3O6S/c1-5-14-37-27(34)24-18(3)29-28-31(25(24)19-9-11-22(35-4)12-10-19)21(17-38-28)15-23(32)30-13-7-8-20(16-30)26(33)36-6-2/h5,9-12,17,20,25H,1,6-8,13-16H2,2-4H3/t20-,25+/m0/s1. The Labute approximate surface area is 227 Å². The van der Waals surface area contributed by atoms with E-state index in [9.17, 15) is 14.4 Å². The summed E-state index contributed by atoms with van der Waals surface area (Å²) in [7, 11) is 1.60. The summed E-state index contributed by atoms with van der Waals surface area (Å²) < 4.78 is 15.9. The zero-order chi connectivity index (χ0) is 27.2. The van der Waals surface area contributed by atoms with Crippen molar-refractivity contribution in [3.63, 3.8) is 0 Å². The van der Waals surface area contributed by atoms with Gasteiger partial charge in [-0.3, -0.25) is 9.59 Å². The van der Waals surface area contributed by atoms with Gasteiger partial charge in [-0.25, -0.2) is 9.79 Å². The Bertz CT molecular complexity index is 1190. The van der Waals surface area contributed by atoms with Crippen molar-refractivity contribution in [1.29, 1.82) is 0 Å². The number of amidine groups is 1. The number of rotatable bonds is 9. The van der Waals surface area contributed by atoms with Gasteiger partial charge in [-0.2, -0.15) is 0 Å². The number of hydrogen-bond donors (Lipinski definition) is 0. The molecule has 202 valence electrons. The number of methoxy groups -OCH3 is 1. The molecule has 9 nitrogen and oxygen atoms in total. The first-order chi connectivity index (χ1) is 18.4. The number of carbonyl (C=O) groups excluding carboxylic acids is 3. The minimum Gasteiger partial charge on any atom is -0.497 e. The van der Waals surface area contributed by atoms with E-state index in [2.05, 4.69) is 11.6 Å². The molecule has 0 N–H and O–H groups in total. The molecule has 2 atom stereocenters. The van der Waals surface area contributed by atoms with Gasteiger partial charge in [0.1, 0.15) is 12.4 Å². The summed E-state index contributed by atoms with van der Waals surface area (Å²) in [5.74, 6) is -0.438. The van der Waals surface area contributed by atoms with Crippen LogP contribution in [0.1, 0.15) is 44.7 Å². The van der Waals surface area contributed by atoms with E-state index in [4.69, 9.17) is 14.2 Å². The number of allylic oxidation sites excluding steroid dienone is 1. The van der Waals surface area contributed by atoms with Crippen molar-refractivity contribution in [2.24, 2.45) is 10.9 Å². The van der Waals surface area contributed by atoms with Crippen molar-refractivity contribution in [3.05, 3.63) is 64.9 Å². The average molecular weight is 540 g/mol. The fourth-order valence-corrected chi connectivity index (χ4v) is 5.83. The summed E-state index contributed by atoms with van der Waals surface area (Å²) in [6, 6.07) is 6.94. The van der Waals surface area contributed by atoms with Gasteiger partial charge in [0.15, 0.2) is 5.17 Å². The molecule has 1 amide bonds. The Kier molecular flexibility index (Phi) is 8.93. The van der Waals surface area contributed by atoms with Gasteiger partial charge in [0, 0.05) is 18.8 Å². The maximum Gasteiger partial charge on any atom is 0.338 e. The van der Waals surface area contributed by atoms with Crippen LogP contribution in [0.4, 0.5) is 0 Å². The highest BCUT2D eigenvalue weighted by Gasteiger charge is 2.41. The Hall–Kier alpha value is -3.53. The number of likely N-dealkylation sites (tertiary alicyclic amines) is 1. The third-order valence-corrected chi connectivity index (χ3v) is 7.60. The molecular formula is C28H33N3O6S. The molecular weight excluding hydrogens is 506 g/mol. The number of carbonyl (C=O) groups is 3. The van der Waals surface area contributed by atoms with Crippen LogP contribution < -0.4 is 4.74 Å². The van der Waals surface area contributed by atoms with Gasteiger partial charge in [-0.05, 0) is 49.8 Å². The highest BCUT2D eigenvalue weighted by molar-refractivity contribution is 8.16. The second-order valence-electron chi connectivity index (χ2n) is 9.16. The van der Waals surface area contributed by atoms with Crippen molar-refractivity contribution in [2.75, 3.05) is 33.4 Å². The molecule has 1 aromatic carbocycles. The molecule has 0 saturated carbocycles. The fraction of sp³-hybridized carbons (Fsp3) is 0.429. The van der Waals surface area contributed by atoms with Crippen LogP contribution in [0.5, 0.6) is 5.75 Å². The number of amides is 1. The van der Waals surface area contributed by atoms with Crippen molar-refractivity contribution in [1.82, 2.24) is 9.80 Å². The molecule has 0 spiro atoms. The second kappa shape index (κ2) is 12.3. The van der Waals surface area contributed by atoms with Gasteiger partial charge in [0.2, 0.25) is 5.91 Å². The van der Waals surface area contributed by atoms with Crippen LogP contribution in [0.2, 0.25) is 0 Å². The lowest BCUT2D eigenvalue weighted by molar-refractivity contribution is -0.151. The van der Waals surface area contributed by atoms with Crippen LogP contribution in [-0.2, 0) is 23.9 Å². The predicted molar refractivity (Wildman–Crippen MR) is 145 cm³/mol. The number of piperidine rings is 1. The summed E-state index contributed by atoms with van der Waals surface area (Å²) in [6.07, 6.45) is 3.09. The first-order valence-electron chi connectivity index (χ1n) is 12.7. The summed E-state index contributed by atoms with van der Waals surface area (Å²) in [5.41, 5.74) is 2.54. The molecule has 1 saturated heterocycles. The van der Waals surface area contributed by atoms with Gasteiger partial charge in [-0.1, -0.05) is 36.5 Å². The van der Waals surface area contributed by atoms with Crippen LogP contribution in [0.15, 0.2) is 64.3 Å². The number of esters is 2. The summed E-state index contributed by atoms with van der Waals surface area (Å²) in [6.45, 7) is 8.54. The van der Waals surface area contributed by atoms with Crippen molar-refractivity contribution in [3.8, 4) is 5.75 Å². The highest BCUT2D eigenvalue weighted by atomic mass is 32.2. The lowest BCUT2D eigenvalue weighted by atomic mass is 9.93. The van der Waals surface area contributed by atoms with Crippen molar-refractivity contribution in [2.45, 2.75) is 39.2 Å². The van der Waals surface area contributed by atoms with E-state index in [0.717, 1.165) is 17.7 Å². The maximum absolute atomic E-state index is 13.4. The first-order valence-corrected chi connectivity index (χ1v) is 13.6. The molecule has 3 aliphatic rings. The molecule has 0 unspecified atom stereocenters. The van der Waals surface area contributed by atoms with E-state index >= 15 is 0 Å². The molecule has 10 heteroatoms. The summed E-state index contributed by atoms with van der Waals surface area (Å²) >= 11 is 1.42. The van der Waals surface area contributed by atoms with Gasteiger partial charge in [0.05, 0.1) is 43.4 Å². The Balaban J connectivity index is 1.61. The zero-order valence-electron chi connectivity index (χ0n) is 22.0. The smallest absolute Gasteiger partial charge is 0.338 e. The largest absolute Gasteiger partial charge is 0.497 e. The molecule has 3 aliphatic heterocycles. The Morgan fingerprint density at radius 3 is 2.66 bits per heavy atom. The topological polar surface area (TPSA) is 97.7 Å². The average Bonchev–Trinajstić information content (AvgIpc) is 3.32. The van der Waals surface area contributed by atoms with Crippen molar-refractivity contribution < 1.29 is 28.6 Å². The first kappa shape index (κ1) is 27.5. The third-order valence-electron chi connectivity index (χ3n) is 6.71. The van der Waals surface area contributed by atoms with Gasteiger partial charge in [-0.15, -0.1) is 0 Å². The normalized spacial score (nSPS) is 20.8. The predicted octanol–water partition coefficient (Wildman–Crippen LogP) is 4.19. The van der Waals surface area contributed by atoms with Gasteiger partial charge >= 0.3 is 11.9 Å². The lowest BCUT2D eigenvalue weighted by Gasteiger charge is -2.37. The SMILES string of the molecule is C=CCOC(=O)C1=C(C)N=C2SC=C(CC(=O)N3CCC[C@H](C(=O)OCC)C3)N2[C@@H]1c1ccc(OC)cc1. The quantitative estimate of drug-likeness (QED) is 0.340. The lowest BCUT2D eigenvalue weighted by Crippen LogP contribution is -2.44. The number of ether oxygens (including phenoxy) is 3. The highest BCUT2D eigenvalue weighted by Crippen LogP contribution is 2.45. The van der Waals surface area contributed by atoms with Crippen LogP contribution in [0.25, 0.3) is 0 Å². The van der Waals surface area contributed by atoms with Crippen molar-refractivity contribution >= 4 is 34.8 Å². The van der Waals surface area contributed by atoms with E-state index in [1.165, 1.54) is 17.8 Å². The Morgan fingerprint density at radius 2 is 1.97 bits per heavy atom. The molecule has 3 heterocycles. The van der Waals surface area contributed by atoms with Crippen LogP contribution in [0, 0.1) is 5.92 Å². The van der Waals surface area contributed by atoms with E-state index in [1.54, 1.807) is 25.9 Å². The molecule has 1 fully saturated rings. The fourth-order valence-electron chi connectivity index (χ4n) is 4.87. The maximum atomic E-state index is 13.4. The Morgan fingerprint density at radius 1 is 1.21 bits per heavy atom. The van der Waals surface area contributed by atoms with E-state index in [1.807, 2.05) is 34.6 Å². The summed E-state index contributed by atoms with van der Waals surface area (Å²) in [4.78, 5) is 47.3. The summed E-state index contributed by atoms with van der Waals surface area (Å²) in [5, 5.41) is 2.60. The number of hydrogen-bond acceptors (Lipinski definition) is 9. The molecule has 1 aromatic rings. The van der Waals surface area contributed by atoms with E-state index in [-0.39, 0.29) is 30.8 Å². The number of nitrogens with zero attached hydrogens (tertiary/aromatic N) is 3. The third kappa shape index (κ3) is 5.80. The molecule has 4 rings (SSSR count). The number of thioether (sulfide) groups is 1. The number of fused-ring (bicyclic) bond motifs is 1. The second-order valence-corrected chi connectivity index (χ2v) is 10.00. The van der Waals surface area contributed by atoms with Crippen LogP contribution >= 0.6 is 11.8 Å². The molecule has 0 aromatic heterocycles. The molecule has 0 radical (unpaired) electrons. The molecule has 0 aliphatic carbocycles. The van der Waals surface area contributed by atoms with E-state index in [0.29, 0.717) is 48.3 Å². The number of benzene rings is 1. The van der Waals surface area contributed by atoms with Gasteiger partial charge in [0.25, 0.3) is 0 Å².